The molecule has 3 rings (SSSR count). The van der Waals surface area contributed by atoms with Gasteiger partial charge in [0.1, 0.15) is 0 Å². The maximum atomic E-state index is 11.6. The van der Waals surface area contributed by atoms with Crippen LogP contribution in [0.4, 0.5) is 5.69 Å². The highest BCUT2D eigenvalue weighted by molar-refractivity contribution is 5.87. The summed E-state index contributed by atoms with van der Waals surface area (Å²) in [4.78, 5) is 26.9. The van der Waals surface area contributed by atoms with Crippen LogP contribution in [0, 0.1) is 0 Å². The molecule has 1 aliphatic rings. The number of anilines is 1. The molecular weight excluding hydrogens is 320 g/mol. The molecule has 132 valence electrons. The first kappa shape index (κ1) is 17.0. The number of nitrogens with zero attached hydrogens (tertiary/aromatic N) is 4. The number of hydrogen-bond acceptors (Lipinski definition) is 4. The lowest BCUT2D eigenvalue weighted by Gasteiger charge is -2.26. The van der Waals surface area contributed by atoms with E-state index in [1.54, 1.807) is 9.58 Å². The molecule has 1 aromatic heterocycles. The maximum Gasteiger partial charge on any atom is 0.356 e. The monoisotopic (exact) mass is 342 g/mol. The normalized spacial score (nSPS) is 13.5. The Balaban J connectivity index is 1.91. The summed E-state index contributed by atoms with van der Waals surface area (Å²) in [6.07, 6.45) is 0.616. The quantitative estimate of drug-likeness (QED) is 0.913. The average molecular weight is 342 g/mol. The van der Waals surface area contributed by atoms with Crippen molar-refractivity contribution in [1.82, 2.24) is 14.7 Å². The summed E-state index contributed by atoms with van der Waals surface area (Å²) in [5.74, 6) is -1.10. The Kier molecular flexibility index (Phi) is 4.48. The van der Waals surface area contributed by atoms with Crippen LogP contribution in [-0.4, -0.2) is 52.3 Å². The van der Waals surface area contributed by atoms with E-state index in [1.807, 2.05) is 43.3 Å². The lowest BCUT2D eigenvalue weighted by atomic mass is 10.0. The van der Waals surface area contributed by atoms with E-state index in [-0.39, 0.29) is 11.6 Å². The van der Waals surface area contributed by atoms with Crippen LogP contribution in [-0.2, 0) is 24.3 Å². The van der Waals surface area contributed by atoms with Gasteiger partial charge in [0.05, 0.1) is 6.54 Å². The van der Waals surface area contributed by atoms with Crippen LogP contribution in [0.1, 0.15) is 34.2 Å². The molecule has 7 nitrogen and oxygen atoms in total. The zero-order valence-corrected chi connectivity index (χ0v) is 14.7. The molecule has 1 amide bonds. The molecule has 0 radical (unpaired) electrons. The number of aromatic carboxylic acids is 1. The third kappa shape index (κ3) is 3.35. The van der Waals surface area contributed by atoms with E-state index in [4.69, 9.17) is 0 Å². The molecule has 1 aromatic carbocycles. The molecule has 1 aliphatic heterocycles. The van der Waals surface area contributed by atoms with Crippen molar-refractivity contribution in [3.05, 3.63) is 46.8 Å². The Hall–Kier alpha value is -2.83. The molecule has 0 saturated heterocycles. The van der Waals surface area contributed by atoms with Crippen molar-refractivity contribution < 1.29 is 14.7 Å². The molecule has 0 atom stereocenters. The second kappa shape index (κ2) is 6.58. The number of hydrogen-bond donors (Lipinski definition) is 1. The van der Waals surface area contributed by atoms with Crippen LogP contribution in [0.2, 0.25) is 0 Å². The van der Waals surface area contributed by atoms with Crippen LogP contribution in [0.25, 0.3) is 0 Å². The van der Waals surface area contributed by atoms with Crippen LogP contribution in [0.5, 0.6) is 0 Å². The summed E-state index contributed by atoms with van der Waals surface area (Å²) < 4.78 is 1.76. The minimum absolute atomic E-state index is 0.0471. The predicted octanol–water partition coefficient (Wildman–Crippen LogP) is 1.60. The van der Waals surface area contributed by atoms with Gasteiger partial charge in [-0.05, 0) is 17.7 Å². The number of benzene rings is 1. The van der Waals surface area contributed by atoms with E-state index in [1.165, 1.54) is 6.92 Å². The second-order valence-electron chi connectivity index (χ2n) is 6.49. The summed E-state index contributed by atoms with van der Waals surface area (Å²) in [7, 11) is 3.97. The molecule has 0 spiro atoms. The Morgan fingerprint density at radius 1 is 1.24 bits per heavy atom. The molecular formula is C18H22N4O3. The standard InChI is InChI=1S/C18H22N4O3/c1-12(23)21-9-8-16-15(11-21)17(18(24)25)19-22(16)10-13-4-6-14(7-5-13)20(2)3/h4-7H,8-11H2,1-3H3,(H,24,25). The van der Waals surface area contributed by atoms with E-state index in [0.717, 1.165) is 16.9 Å². The number of carboxylic acid groups (broad SMARTS) is 1. The largest absolute Gasteiger partial charge is 0.476 e. The van der Waals surface area contributed by atoms with Gasteiger partial charge in [0.15, 0.2) is 5.69 Å². The summed E-state index contributed by atoms with van der Waals surface area (Å²) in [6, 6.07) is 8.10. The van der Waals surface area contributed by atoms with Crippen molar-refractivity contribution in [1.29, 1.82) is 0 Å². The fraction of sp³-hybridized carbons (Fsp3) is 0.389. The summed E-state index contributed by atoms with van der Waals surface area (Å²) >= 11 is 0. The number of carboxylic acids is 1. The number of aromatic nitrogens is 2. The van der Waals surface area contributed by atoms with Gasteiger partial charge in [-0.1, -0.05) is 12.1 Å². The number of fused-ring (bicyclic) bond motifs is 1. The van der Waals surface area contributed by atoms with Gasteiger partial charge in [0.2, 0.25) is 5.91 Å². The molecule has 0 fully saturated rings. The third-order valence-corrected chi connectivity index (χ3v) is 4.57. The summed E-state index contributed by atoms with van der Waals surface area (Å²) in [6.45, 7) is 2.92. The Bertz CT molecular complexity index is 808. The zero-order valence-electron chi connectivity index (χ0n) is 14.7. The highest BCUT2D eigenvalue weighted by Gasteiger charge is 2.28. The minimum Gasteiger partial charge on any atom is -0.476 e. The smallest absolute Gasteiger partial charge is 0.356 e. The number of amides is 1. The lowest BCUT2D eigenvalue weighted by molar-refractivity contribution is -0.129. The highest BCUT2D eigenvalue weighted by atomic mass is 16.4. The Morgan fingerprint density at radius 2 is 1.92 bits per heavy atom. The van der Waals surface area contributed by atoms with Gasteiger partial charge >= 0.3 is 5.97 Å². The second-order valence-corrected chi connectivity index (χ2v) is 6.49. The van der Waals surface area contributed by atoms with Gasteiger partial charge in [-0.25, -0.2) is 4.79 Å². The first-order chi connectivity index (χ1) is 11.9. The Labute approximate surface area is 146 Å². The first-order valence-corrected chi connectivity index (χ1v) is 8.20. The molecule has 0 unspecified atom stereocenters. The number of rotatable bonds is 4. The maximum absolute atomic E-state index is 11.6. The summed E-state index contributed by atoms with van der Waals surface area (Å²) in [5.41, 5.74) is 3.77. The van der Waals surface area contributed by atoms with Gasteiger partial charge in [0, 0.05) is 57.5 Å². The molecule has 7 heteroatoms. The molecule has 0 aliphatic carbocycles. The van der Waals surface area contributed by atoms with Crippen LogP contribution in [0.3, 0.4) is 0 Å². The minimum atomic E-state index is -1.05. The topological polar surface area (TPSA) is 78.7 Å². The van der Waals surface area contributed by atoms with Crippen LogP contribution in [0.15, 0.2) is 24.3 Å². The van der Waals surface area contributed by atoms with E-state index in [9.17, 15) is 14.7 Å². The van der Waals surface area contributed by atoms with Gasteiger partial charge in [-0.15, -0.1) is 0 Å². The molecule has 2 heterocycles. The van der Waals surface area contributed by atoms with E-state index < -0.39 is 5.97 Å². The predicted molar refractivity (Wildman–Crippen MR) is 93.9 cm³/mol. The van der Waals surface area contributed by atoms with Gasteiger partial charge in [-0.2, -0.15) is 5.10 Å². The number of carbonyl (C=O) groups excluding carboxylic acids is 1. The molecule has 0 saturated carbocycles. The fourth-order valence-corrected chi connectivity index (χ4v) is 3.13. The molecule has 0 bridgehead atoms. The SMILES string of the molecule is CC(=O)N1CCc2c(c(C(=O)O)nn2Cc2ccc(N(C)C)cc2)C1. The summed E-state index contributed by atoms with van der Waals surface area (Å²) in [5, 5.41) is 13.8. The highest BCUT2D eigenvalue weighted by Crippen LogP contribution is 2.24. The third-order valence-electron chi connectivity index (χ3n) is 4.57. The van der Waals surface area contributed by atoms with E-state index in [2.05, 4.69) is 5.10 Å². The molecule has 2 aromatic rings. The van der Waals surface area contributed by atoms with Crippen molar-refractivity contribution in [2.45, 2.75) is 26.4 Å². The van der Waals surface area contributed by atoms with Crippen molar-refractivity contribution in [2.75, 3.05) is 25.5 Å². The van der Waals surface area contributed by atoms with Crippen molar-refractivity contribution >= 4 is 17.6 Å². The number of carbonyl (C=O) groups is 2. The van der Waals surface area contributed by atoms with Gasteiger partial charge in [-0.3, -0.25) is 9.48 Å². The van der Waals surface area contributed by atoms with Crippen molar-refractivity contribution in [3.63, 3.8) is 0 Å². The van der Waals surface area contributed by atoms with Gasteiger partial charge in [0.25, 0.3) is 0 Å². The lowest BCUT2D eigenvalue weighted by Crippen LogP contribution is -2.35. The van der Waals surface area contributed by atoms with Crippen LogP contribution >= 0.6 is 0 Å². The van der Waals surface area contributed by atoms with E-state index >= 15 is 0 Å². The first-order valence-electron chi connectivity index (χ1n) is 8.20. The molecule has 25 heavy (non-hydrogen) atoms. The average Bonchev–Trinajstić information content (AvgIpc) is 2.93. The molecule has 1 N–H and O–H groups in total. The van der Waals surface area contributed by atoms with Crippen molar-refractivity contribution in [2.24, 2.45) is 0 Å². The van der Waals surface area contributed by atoms with Crippen molar-refractivity contribution in [3.8, 4) is 0 Å². The van der Waals surface area contributed by atoms with Gasteiger partial charge < -0.3 is 14.9 Å². The zero-order chi connectivity index (χ0) is 18.1. The van der Waals surface area contributed by atoms with E-state index in [0.29, 0.717) is 31.6 Å². The van der Waals surface area contributed by atoms with Crippen LogP contribution < -0.4 is 4.90 Å². The fourth-order valence-electron chi connectivity index (χ4n) is 3.13. The Morgan fingerprint density at radius 3 is 2.48 bits per heavy atom.